The third-order valence-corrected chi connectivity index (χ3v) is 3.06. The van der Waals surface area contributed by atoms with Crippen molar-refractivity contribution in [2.45, 2.75) is 13.3 Å². The molecule has 0 unspecified atom stereocenters. The molecule has 0 saturated carbocycles. The minimum absolute atomic E-state index is 0.0376. The predicted molar refractivity (Wildman–Crippen MR) is 72.6 cm³/mol. The molecular weight excluding hydrogens is 256 g/mol. The van der Waals surface area contributed by atoms with E-state index in [1.807, 2.05) is 19.1 Å². The van der Waals surface area contributed by atoms with Crippen molar-refractivity contribution in [3.8, 4) is 11.3 Å². The van der Waals surface area contributed by atoms with Crippen LogP contribution in [0.15, 0.2) is 36.7 Å². The van der Waals surface area contributed by atoms with E-state index in [0.717, 1.165) is 11.3 Å². The van der Waals surface area contributed by atoms with Crippen molar-refractivity contribution in [3.05, 3.63) is 48.2 Å². The van der Waals surface area contributed by atoms with E-state index < -0.39 is 5.97 Å². The maximum Gasteiger partial charge on any atom is 0.356 e. The van der Waals surface area contributed by atoms with Crippen LogP contribution in [-0.2, 0) is 6.42 Å². The van der Waals surface area contributed by atoms with E-state index in [1.165, 1.54) is 0 Å². The zero-order valence-electron chi connectivity index (χ0n) is 10.8. The van der Waals surface area contributed by atoms with Gasteiger partial charge in [0, 0.05) is 24.4 Å². The van der Waals surface area contributed by atoms with Gasteiger partial charge in [0.25, 0.3) is 0 Å². The molecule has 0 amide bonds. The zero-order valence-corrected chi connectivity index (χ0v) is 10.8. The predicted octanol–water partition coefficient (Wildman–Crippen LogP) is 2.05. The first-order chi connectivity index (χ1) is 9.70. The van der Waals surface area contributed by atoms with Crippen molar-refractivity contribution >= 4 is 11.5 Å². The second-order valence-corrected chi connectivity index (χ2v) is 4.29. The fourth-order valence-corrected chi connectivity index (χ4v) is 2.10. The summed E-state index contributed by atoms with van der Waals surface area (Å²) in [5, 5.41) is 13.6. The number of fused-ring (bicyclic) bond motifs is 1. The van der Waals surface area contributed by atoms with Crippen molar-refractivity contribution in [3.63, 3.8) is 0 Å². The van der Waals surface area contributed by atoms with Crippen LogP contribution < -0.4 is 0 Å². The highest BCUT2D eigenvalue weighted by atomic mass is 16.4. The number of nitrogens with zero attached hydrogens (tertiary/aromatic N) is 4. The largest absolute Gasteiger partial charge is 0.476 e. The molecule has 0 bridgehead atoms. The van der Waals surface area contributed by atoms with E-state index >= 15 is 0 Å². The smallest absolute Gasteiger partial charge is 0.356 e. The Hall–Kier alpha value is -2.76. The molecule has 0 aliphatic heterocycles. The van der Waals surface area contributed by atoms with Gasteiger partial charge in [-0.15, -0.1) is 0 Å². The highest BCUT2D eigenvalue weighted by Crippen LogP contribution is 2.19. The molecule has 0 aliphatic carbocycles. The lowest BCUT2D eigenvalue weighted by molar-refractivity contribution is 0.0693. The first-order valence-electron chi connectivity index (χ1n) is 6.23. The molecule has 0 aliphatic rings. The summed E-state index contributed by atoms with van der Waals surface area (Å²) in [7, 11) is 0. The molecule has 20 heavy (non-hydrogen) atoms. The Bertz CT molecular complexity index is 780. The highest BCUT2D eigenvalue weighted by molar-refractivity contribution is 5.93. The summed E-state index contributed by atoms with van der Waals surface area (Å²) in [5.74, 6) is -0.408. The average Bonchev–Trinajstić information content (AvgIpc) is 2.86. The topological polar surface area (TPSA) is 80.4 Å². The second kappa shape index (κ2) is 4.73. The van der Waals surface area contributed by atoms with Crippen LogP contribution in [0.5, 0.6) is 0 Å². The van der Waals surface area contributed by atoms with Gasteiger partial charge in [-0.3, -0.25) is 4.98 Å². The Balaban J connectivity index is 2.23. The summed E-state index contributed by atoms with van der Waals surface area (Å²) < 4.78 is 1.60. The molecule has 0 aromatic carbocycles. The molecule has 0 spiro atoms. The average molecular weight is 268 g/mol. The number of pyridine rings is 1. The fraction of sp³-hybridized carbons (Fsp3) is 0.143. The minimum Gasteiger partial charge on any atom is -0.476 e. The van der Waals surface area contributed by atoms with Gasteiger partial charge < -0.3 is 5.11 Å². The van der Waals surface area contributed by atoms with E-state index in [4.69, 9.17) is 5.11 Å². The molecule has 3 heterocycles. The molecule has 6 heteroatoms. The van der Waals surface area contributed by atoms with Crippen LogP contribution in [0.3, 0.4) is 0 Å². The van der Waals surface area contributed by atoms with E-state index in [-0.39, 0.29) is 5.69 Å². The van der Waals surface area contributed by atoms with Gasteiger partial charge in [0.1, 0.15) is 5.82 Å². The van der Waals surface area contributed by atoms with Crippen LogP contribution in [-0.4, -0.2) is 30.7 Å². The number of carboxylic acids is 1. The standard InChI is InChI=1S/C14H12N4O2/c1-2-12-16-13(14(19)20)11-4-3-10(17-18(11)12)9-5-7-15-8-6-9/h3-8H,2H2,1H3,(H,19,20). The van der Waals surface area contributed by atoms with Gasteiger partial charge >= 0.3 is 5.97 Å². The number of carboxylic acid groups (broad SMARTS) is 1. The Kier molecular flexibility index (Phi) is 2.90. The summed E-state index contributed by atoms with van der Waals surface area (Å²) in [6.07, 6.45) is 4.00. The van der Waals surface area contributed by atoms with Gasteiger partial charge in [0.2, 0.25) is 0 Å². The summed E-state index contributed by atoms with van der Waals surface area (Å²) in [4.78, 5) is 19.3. The van der Waals surface area contributed by atoms with E-state index in [9.17, 15) is 4.79 Å². The molecule has 3 aromatic heterocycles. The molecule has 1 N–H and O–H groups in total. The first kappa shape index (κ1) is 12.3. The molecule has 100 valence electrons. The van der Waals surface area contributed by atoms with Crippen molar-refractivity contribution in [2.24, 2.45) is 0 Å². The number of hydrogen-bond donors (Lipinski definition) is 1. The number of aromatic carboxylic acids is 1. The van der Waals surface area contributed by atoms with Crippen LogP contribution in [0.4, 0.5) is 0 Å². The molecule has 0 atom stereocenters. The number of aromatic nitrogens is 4. The van der Waals surface area contributed by atoms with Crippen molar-refractivity contribution < 1.29 is 9.90 Å². The Morgan fingerprint density at radius 3 is 2.65 bits per heavy atom. The normalized spacial score (nSPS) is 10.8. The Labute approximate surface area is 114 Å². The molecule has 0 fully saturated rings. The van der Waals surface area contributed by atoms with E-state index in [1.54, 1.807) is 29.0 Å². The lowest BCUT2D eigenvalue weighted by atomic mass is 10.2. The highest BCUT2D eigenvalue weighted by Gasteiger charge is 2.17. The van der Waals surface area contributed by atoms with Crippen LogP contribution in [0.2, 0.25) is 0 Å². The van der Waals surface area contributed by atoms with Gasteiger partial charge in [-0.25, -0.2) is 14.3 Å². The third-order valence-electron chi connectivity index (χ3n) is 3.06. The molecule has 3 rings (SSSR count). The lowest BCUT2D eigenvalue weighted by Gasteiger charge is -2.03. The van der Waals surface area contributed by atoms with Crippen molar-refractivity contribution in [2.75, 3.05) is 0 Å². The fourth-order valence-electron chi connectivity index (χ4n) is 2.10. The summed E-state index contributed by atoms with van der Waals surface area (Å²) in [6, 6.07) is 7.24. The summed E-state index contributed by atoms with van der Waals surface area (Å²) in [6.45, 7) is 1.92. The quantitative estimate of drug-likeness (QED) is 0.786. The zero-order chi connectivity index (χ0) is 14.1. The monoisotopic (exact) mass is 268 g/mol. The number of imidazole rings is 1. The van der Waals surface area contributed by atoms with Crippen LogP contribution in [0, 0.1) is 0 Å². The molecule has 3 aromatic rings. The summed E-state index contributed by atoms with van der Waals surface area (Å²) >= 11 is 0. The minimum atomic E-state index is -1.04. The van der Waals surface area contributed by atoms with E-state index in [2.05, 4.69) is 15.1 Å². The lowest BCUT2D eigenvalue weighted by Crippen LogP contribution is -1.99. The van der Waals surface area contributed by atoms with Crippen molar-refractivity contribution in [1.82, 2.24) is 19.6 Å². The maximum absolute atomic E-state index is 11.2. The van der Waals surface area contributed by atoms with Gasteiger partial charge in [0.15, 0.2) is 5.69 Å². The molecule has 0 saturated heterocycles. The first-order valence-corrected chi connectivity index (χ1v) is 6.23. The van der Waals surface area contributed by atoms with Crippen LogP contribution >= 0.6 is 0 Å². The summed E-state index contributed by atoms with van der Waals surface area (Å²) in [5.41, 5.74) is 2.22. The second-order valence-electron chi connectivity index (χ2n) is 4.29. The number of hydrogen-bond acceptors (Lipinski definition) is 4. The number of aryl methyl sites for hydroxylation is 1. The Morgan fingerprint density at radius 1 is 1.25 bits per heavy atom. The molecular formula is C14H12N4O2. The number of carbonyl (C=O) groups is 1. The molecule has 6 nitrogen and oxygen atoms in total. The van der Waals surface area contributed by atoms with Gasteiger partial charge in [-0.1, -0.05) is 6.92 Å². The van der Waals surface area contributed by atoms with Crippen LogP contribution in [0.25, 0.3) is 16.8 Å². The van der Waals surface area contributed by atoms with Gasteiger partial charge in [-0.05, 0) is 24.3 Å². The SMILES string of the molecule is CCc1nc(C(=O)O)c2ccc(-c3ccncc3)nn12. The van der Waals surface area contributed by atoms with Crippen molar-refractivity contribution in [1.29, 1.82) is 0 Å². The van der Waals surface area contributed by atoms with Gasteiger partial charge in [0.05, 0.1) is 11.2 Å². The van der Waals surface area contributed by atoms with Gasteiger partial charge in [-0.2, -0.15) is 5.10 Å². The Morgan fingerprint density at radius 2 is 2.00 bits per heavy atom. The van der Waals surface area contributed by atoms with Crippen LogP contribution in [0.1, 0.15) is 23.2 Å². The maximum atomic E-state index is 11.2. The number of rotatable bonds is 3. The third kappa shape index (κ3) is 1.91. The molecule has 0 radical (unpaired) electrons. The van der Waals surface area contributed by atoms with E-state index in [0.29, 0.717) is 17.8 Å².